The van der Waals surface area contributed by atoms with Crippen LogP contribution in [0.1, 0.15) is 4.88 Å². The van der Waals surface area contributed by atoms with Crippen molar-refractivity contribution in [3.05, 3.63) is 33.7 Å². The molecule has 0 spiro atoms. The molecule has 0 saturated heterocycles. The number of hydrogen-bond acceptors (Lipinski definition) is 6. The van der Waals surface area contributed by atoms with Gasteiger partial charge in [-0.25, -0.2) is 4.98 Å². The monoisotopic (exact) mass is 341 g/mol. The molecule has 1 aromatic carbocycles. The highest BCUT2D eigenvalue weighted by Crippen LogP contribution is 2.28. The van der Waals surface area contributed by atoms with Crippen LogP contribution < -0.4 is 15.4 Å². The number of nitrogens with one attached hydrogen (secondary N) is 2. The molecule has 1 heterocycles. The molecule has 118 valence electrons. The molecular formula is C14H16ClN3O3S. The number of benzene rings is 1. The molecule has 2 aromatic rings. The van der Waals surface area contributed by atoms with Gasteiger partial charge in [-0.3, -0.25) is 4.79 Å². The summed E-state index contributed by atoms with van der Waals surface area (Å²) in [5, 5.41) is 6.03. The van der Waals surface area contributed by atoms with E-state index in [2.05, 4.69) is 15.6 Å². The lowest BCUT2D eigenvalue weighted by Crippen LogP contribution is -2.18. The number of thiazole rings is 1. The fraction of sp³-hybridized carbons (Fsp3) is 0.286. The normalized spacial score (nSPS) is 10.3. The molecular weight excluding hydrogens is 326 g/mol. The van der Waals surface area contributed by atoms with Gasteiger partial charge < -0.3 is 20.1 Å². The molecule has 0 aliphatic heterocycles. The first kappa shape index (κ1) is 16.5. The fourth-order valence-electron chi connectivity index (χ4n) is 1.77. The Morgan fingerprint density at radius 2 is 2.18 bits per heavy atom. The zero-order chi connectivity index (χ0) is 15.9. The van der Waals surface area contributed by atoms with Gasteiger partial charge in [-0.05, 0) is 12.1 Å². The highest BCUT2D eigenvalue weighted by Gasteiger charge is 2.09. The Bertz CT molecular complexity index is 648. The Morgan fingerprint density at radius 1 is 1.36 bits per heavy atom. The van der Waals surface area contributed by atoms with Gasteiger partial charge in [0.05, 0.1) is 25.0 Å². The summed E-state index contributed by atoms with van der Waals surface area (Å²) in [5.41, 5.74) is 1.40. The van der Waals surface area contributed by atoms with Crippen LogP contribution in [-0.2, 0) is 16.1 Å². The first-order chi connectivity index (χ1) is 10.6. The zero-order valence-electron chi connectivity index (χ0n) is 12.2. The maximum Gasteiger partial charge on any atom is 0.250 e. The van der Waals surface area contributed by atoms with Crippen molar-refractivity contribution in [2.45, 2.75) is 6.54 Å². The average molecular weight is 342 g/mol. The quantitative estimate of drug-likeness (QED) is 0.810. The van der Waals surface area contributed by atoms with Crippen molar-refractivity contribution in [3.63, 3.8) is 0 Å². The molecule has 1 amide bonds. The molecule has 0 unspecified atom stereocenters. The fourth-order valence-corrected chi connectivity index (χ4v) is 2.69. The van der Waals surface area contributed by atoms with Crippen molar-refractivity contribution in [1.29, 1.82) is 0 Å². The number of carbonyl (C=O) groups is 1. The lowest BCUT2D eigenvalue weighted by molar-refractivity contribution is -0.119. The molecule has 22 heavy (non-hydrogen) atoms. The minimum Gasteiger partial charge on any atom is -0.497 e. The van der Waals surface area contributed by atoms with Gasteiger partial charge in [-0.2, -0.15) is 0 Å². The third-order valence-electron chi connectivity index (χ3n) is 2.75. The minimum absolute atomic E-state index is 0.00405. The second-order valence-electron chi connectivity index (χ2n) is 4.33. The number of anilines is 2. The average Bonchev–Trinajstić information content (AvgIpc) is 2.92. The van der Waals surface area contributed by atoms with Crippen LogP contribution in [0.3, 0.4) is 0 Å². The van der Waals surface area contributed by atoms with Crippen molar-refractivity contribution in [2.75, 3.05) is 31.5 Å². The van der Waals surface area contributed by atoms with Gasteiger partial charge in [0.1, 0.15) is 12.4 Å². The zero-order valence-corrected chi connectivity index (χ0v) is 13.8. The summed E-state index contributed by atoms with van der Waals surface area (Å²) in [6, 6.07) is 5.36. The molecule has 0 radical (unpaired) electrons. The van der Waals surface area contributed by atoms with Gasteiger partial charge in [0.25, 0.3) is 0 Å². The van der Waals surface area contributed by atoms with E-state index in [0.29, 0.717) is 22.4 Å². The van der Waals surface area contributed by atoms with E-state index < -0.39 is 0 Å². The molecule has 8 heteroatoms. The van der Waals surface area contributed by atoms with Crippen LogP contribution in [-0.4, -0.2) is 31.7 Å². The van der Waals surface area contributed by atoms with E-state index in [1.165, 1.54) is 18.4 Å². The first-order valence-electron chi connectivity index (χ1n) is 6.43. The molecule has 0 atom stereocenters. The minimum atomic E-state index is -0.225. The van der Waals surface area contributed by atoms with E-state index in [4.69, 9.17) is 21.1 Å². The van der Waals surface area contributed by atoms with Crippen molar-refractivity contribution in [1.82, 2.24) is 4.98 Å². The van der Waals surface area contributed by atoms with Gasteiger partial charge in [0.2, 0.25) is 5.91 Å². The van der Waals surface area contributed by atoms with Crippen LogP contribution in [0.15, 0.2) is 24.4 Å². The second kappa shape index (κ2) is 7.98. The predicted octanol–water partition coefficient (Wildman–Crippen LogP) is 3.00. The third-order valence-corrected chi connectivity index (χ3v) is 3.87. The molecule has 6 nitrogen and oxygen atoms in total. The van der Waals surface area contributed by atoms with Crippen LogP contribution in [0.25, 0.3) is 0 Å². The molecule has 1 aromatic heterocycles. The second-order valence-corrected chi connectivity index (χ2v) is 6.02. The maximum atomic E-state index is 11.7. The highest BCUT2D eigenvalue weighted by molar-refractivity contribution is 7.15. The van der Waals surface area contributed by atoms with E-state index in [0.717, 1.165) is 10.6 Å². The van der Waals surface area contributed by atoms with Gasteiger partial charge in [-0.15, -0.1) is 11.3 Å². The van der Waals surface area contributed by atoms with Gasteiger partial charge in [-0.1, -0.05) is 11.6 Å². The molecule has 0 aliphatic carbocycles. The lowest BCUT2D eigenvalue weighted by Gasteiger charge is -2.14. The lowest BCUT2D eigenvalue weighted by atomic mass is 10.2. The highest BCUT2D eigenvalue weighted by atomic mass is 35.5. The summed E-state index contributed by atoms with van der Waals surface area (Å²) in [5.74, 6) is 0.464. The summed E-state index contributed by atoms with van der Waals surface area (Å²) in [6.45, 7) is 0.542. The Kier molecular flexibility index (Phi) is 6.00. The predicted molar refractivity (Wildman–Crippen MR) is 88.0 cm³/mol. The Labute approximate surface area is 137 Å². The van der Waals surface area contributed by atoms with Crippen molar-refractivity contribution in [2.24, 2.45) is 0 Å². The van der Waals surface area contributed by atoms with Crippen molar-refractivity contribution in [3.8, 4) is 5.75 Å². The van der Waals surface area contributed by atoms with Gasteiger partial charge in [0.15, 0.2) is 4.47 Å². The smallest absolute Gasteiger partial charge is 0.250 e. The summed E-state index contributed by atoms with van der Waals surface area (Å²) in [4.78, 5) is 16.7. The standard InChI is InChI=1S/C14H16ClN3O3S/c1-20-8-13(19)18-11-4-3-9(21-2)5-12(11)16-6-10-7-17-14(15)22-10/h3-5,7,16H,6,8H2,1-2H3,(H,18,19). The summed E-state index contributed by atoms with van der Waals surface area (Å²) >= 11 is 7.21. The molecule has 0 saturated carbocycles. The molecule has 0 aliphatic rings. The van der Waals surface area contributed by atoms with Crippen LogP contribution in [0.2, 0.25) is 4.47 Å². The molecule has 2 N–H and O–H groups in total. The van der Waals surface area contributed by atoms with E-state index in [9.17, 15) is 4.79 Å². The Balaban J connectivity index is 2.13. The molecule has 0 bridgehead atoms. The third kappa shape index (κ3) is 4.59. The van der Waals surface area contributed by atoms with Crippen LogP contribution in [0.4, 0.5) is 11.4 Å². The molecule has 2 rings (SSSR count). The number of aromatic nitrogens is 1. The van der Waals surface area contributed by atoms with E-state index in [-0.39, 0.29) is 12.5 Å². The maximum absolute atomic E-state index is 11.7. The Hall–Kier alpha value is -1.83. The van der Waals surface area contributed by atoms with Gasteiger partial charge in [0, 0.05) is 24.3 Å². The molecule has 0 fully saturated rings. The van der Waals surface area contributed by atoms with Crippen LogP contribution in [0.5, 0.6) is 5.75 Å². The van der Waals surface area contributed by atoms with E-state index in [1.807, 2.05) is 6.07 Å². The summed E-state index contributed by atoms with van der Waals surface area (Å²) in [6.07, 6.45) is 1.71. The largest absolute Gasteiger partial charge is 0.497 e. The van der Waals surface area contributed by atoms with E-state index in [1.54, 1.807) is 25.4 Å². The SMILES string of the molecule is COCC(=O)Nc1ccc(OC)cc1NCc1cnc(Cl)s1. The number of halogens is 1. The van der Waals surface area contributed by atoms with Crippen LogP contribution >= 0.6 is 22.9 Å². The van der Waals surface area contributed by atoms with Crippen LogP contribution in [0, 0.1) is 0 Å². The number of amides is 1. The number of nitrogens with zero attached hydrogens (tertiary/aromatic N) is 1. The number of rotatable bonds is 7. The van der Waals surface area contributed by atoms with Crippen molar-refractivity contribution < 1.29 is 14.3 Å². The summed E-state index contributed by atoms with van der Waals surface area (Å²) in [7, 11) is 3.06. The summed E-state index contributed by atoms with van der Waals surface area (Å²) < 4.78 is 10.5. The number of carbonyl (C=O) groups excluding carboxylic acids is 1. The van der Waals surface area contributed by atoms with Crippen molar-refractivity contribution >= 4 is 40.2 Å². The Morgan fingerprint density at radius 3 is 2.82 bits per heavy atom. The number of ether oxygens (including phenoxy) is 2. The van der Waals surface area contributed by atoms with Gasteiger partial charge >= 0.3 is 0 Å². The number of hydrogen-bond donors (Lipinski definition) is 2. The topological polar surface area (TPSA) is 72.5 Å². The first-order valence-corrected chi connectivity index (χ1v) is 7.62. The van der Waals surface area contributed by atoms with E-state index >= 15 is 0 Å². The number of methoxy groups -OCH3 is 2.